The van der Waals surface area contributed by atoms with E-state index in [9.17, 15) is 4.79 Å². The van der Waals surface area contributed by atoms with E-state index in [0.717, 1.165) is 39.1 Å². The van der Waals surface area contributed by atoms with Gasteiger partial charge in [-0.3, -0.25) is 9.69 Å². The van der Waals surface area contributed by atoms with Crippen molar-refractivity contribution in [1.29, 1.82) is 0 Å². The molecule has 0 bridgehead atoms. The smallest absolute Gasteiger partial charge is 0.209 e. The molecule has 1 aliphatic heterocycles. The van der Waals surface area contributed by atoms with Gasteiger partial charge in [0.25, 0.3) is 0 Å². The van der Waals surface area contributed by atoms with Gasteiger partial charge in [0.1, 0.15) is 0 Å². The highest BCUT2D eigenvalue weighted by Gasteiger charge is 2.12. The summed E-state index contributed by atoms with van der Waals surface area (Å²) < 4.78 is 0. The van der Waals surface area contributed by atoms with Crippen molar-refractivity contribution in [2.75, 3.05) is 32.7 Å². The molecule has 0 saturated carbocycles. The number of carbonyl (C=O) groups excluding carboxylic acids is 1. The predicted molar refractivity (Wildman–Crippen MR) is 44.3 cm³/mol. The highest BCUT2D eigenvalue weighted by atomic mass is 16.1. The van der Waals surface area contributed by atoms with Crippen LogP contribution >= 0.6 is 0 Å². The van der Waals surface area contributed by atoms with Gasteiger partial charge in [0, 0.05) is 32.7 Å². The molecule has 1 saturated heterocycles. The lowest BCUT2D eigenvalue weighted by Crippen LogP contribution is -2.45. The Morgan fingerprint density at radius 3 is 2.36 bits per heavy atom. The first-order valence-corrected chi connectivity index (χ1v) is 3.89. The maximum absolute atomic E-state index is 10.3. The first-order chi connectivity index (χ1) is 5.36. The topological polar surface area (TPSA) is 23.6 Å². The van der Waals surface area contributed by atoms with Crippen LogP contribution < -0.4 is 0 Å². The van der Waals surface area contributed by atoms with Crippen LogP contribution in [0.5, 0.6) is 0 Å². The molecule has 11 heavy (non-hydrogen) atoms. The van der Waals surface area contributed by atoms with Crippen LogP contribution in [-0.2, 0) is 4.79 Å². The molecule has 3 heteroatoms. The summed E-state index contributed by atoms with van der Waals surface area (Å²) in [6, 6.07) is 0. The molecule has 1 fully saturated rings. The fourth-order valence-corrected chi connectivity index (χ4v) is 1.23. The molecule has 0 aliphatic carbocycles. The number of rotatable bonds is 3. The second-order valence-corrected chi connectivity index (χ2v) is 2.73. The van der Waals surface area contributed by atoms with Gasteiger partial charge in [0.2, 0.25) is 6.41 Å². The second kappa shape index (κ2) is 4.13. The molecule has 1 amide bonds. The van der Waals surface area contributed by atoms with Crippen molar-refractivity contribution in [2.24, 2.45) is 0 Å². The van der Waals surface area contributed by atoms with Crippen LogP contribution in [0.15, 0.2) is 12.7 Å². The van der Waals surface area contributed by atoms with Crippen LogP contribution in [0.1, 0.15) is 0 Å². The molecule has 62 valence electrons. The Labute approximate surface area is 67.3 Å². The summed E-state index contributed by atoms with van der Waals surface area (Å²) in [6.45, 7) is 8.28. The van der Waals surface area contributed by atoms with Gasteiger partial charge in [-0.25, -0.2) is 0 Å². The molecular formula is C8H14N2O. The van der Waals surface area contributed by atoms with Gasteiger partial charge in [-0.2, -0.15) is 0 Å². The van der Waals surface area contributed by atoms with E-state index in [-0.39, 0.29) is 0 Å². The minimum Gasteiger partial charge on any atom is -0.343 e. The number of hydrogen-bond donors (Lipinski definition) is 0. The van der Waals surface area contributed by atoms with Crippen LogP contribution in [0.25, 0.3) is 0 Å². The van der Waals surface area contributed by atoms with Crippen molar-refractivity contribution in [3.63, 3.8) is 0 Å². The summed E-state index contributed by atoms with van der Waals surface area (Å²) in [5.74, 6) is 0. The molecule has 0 aromatic heterocycles. The quantitative estimate of drug-likeness (QED) is 0.420. The van der Waals surface area contributed by atoms with Gasteiger partial charge in [0.05, 0.1) is 0 Å². The first kappa shape index (κ1) is 8.27. The Hall–Kier alpha value is -0.830. The Bertz CT molecular complexity index is 139. The van der Waals surface area contributed by atoms with E-state index < -0.39 is 0 Å². The molecule has 0 unspecified atom stereocenters. The molecule has 1 aliphatic rings. The summed E-state index contributed by atoms with van der Waals surface area (Å²) >= 11 is 0. The monoisotopic (exact) mass is 154 g/mol. The van der Waals surface area contributed by atoms with Gasteiger partial charge in [-0.15, -0.1) is 6.58 Å². The van der Waals surface area contributed by atoms with Crippen LogP contribution in [0.4, 0.5) is 0 Å². The molecule has 0 N–H and O–H groups in total. The van der Waals surface area contributed by atoms with Crippen molar-refractivity contribution >= 4 is 6.41 Å². The standard InChI is InChI=1S/C8H14N2O/c1-2-3-9-4-6-10(8-11)7-5-9/h2,8H,1,3-7H2. The van der Waals surface area contributed by atoms with Gasteiger partial charge < -0.3 is 4.90 Å². The third-order valence-corrected chi connectivity index (χ3v) is 1.94. The Morgan fingerprint density at radius 1 is 1.27 bits per heavy atom. The number of nitrogens with zero attached hydrogens (tertiary/aromatic N) is 2. The van der Waals surface area contributed by atoms with Crippen molar-refractivity contribution in [3.05, 3.63) is 12.7 Å². The van der Waals surface area contributed by atoms with Crippen molar-refractivity contribution < 1.29 is 4.79 Å². The SMILES string of the molecule is C=CCN1CCN(C=O)CC1. The van der Waals surface area contributed by atoms with Gasteiger partial charge in [-0.1, -0.05) is 6.08 Å². The third kappa shape index (κ3) is 2.35. The third-order valence-electron chi connectivity index (χ3n) is 1.94. The van der Waals surface area contributed by atoms with Gasteiger partial charge >= 0.3 is 0 Å². The van der Waals surface area contributed by atoms with Crippen molar-refractivity contribution in [3.8, 4) is 0 Å². The van der Waals surface area contributed by atoms with E-state index in [1.807, 2.05) is 6.08 Å². The highest BCUT2D eigenvalue weighted by Crippen LogP contribution is 1.98. The number of amides is 1. The van der Waals surface area contributed by atoms with Crippen LogP contribution in [0, 0.1) is 0 Å². The predicted octanol–water partition coefficient (Wildman–Crippen LogP) is -0.0536. The fourth-order valence-electron chi connectivity index (χ4n) is 1.23. The average Bonchev–Trinajstić information content (AvgIpc) is 2.07. The zero-order chi connectivity index (χ0) is 8.10. The summed E-state index contributed by atoms with van der Waals surface area (Å²) in [5, 5.41) is 0. The zero-order valence-electron chi connectivity index (χ0n) is 6.70. The van der Waals surface area contributed by atoms with Gasteiger partial charge in [0.15, 0.2) is 0 Å². The van der Waals surface area contributed by atoms with Crippen molar-refractivity contribution in [2.45, 2.75) is 0 Å². The molecule has 0 spiro atoms. The summed E-state index contributed by atoms with van der Waals surface area (Å²) in [6.07, 6.45) is 2.82. The second-order valence-electron chi connectivity index (χ2n) is 2.73. The lowest BCUT2D eigenvalue weighted by atomic mass is 10.3. The minimum absolute atomic E-state index is 0.858. The average molecular weight is 154 g/mol. The molecule has 0 aromatic rings. The number of hydrogen-bond acceptors (Lipinski definition) is 2. The van der Waals surface area contributed by atoms with E-state index >= 15 is 0 Å². The Morgan fingerprint density at radius 2 is 1.91 bits per heavy atom. The first-order valence-electron chi connectivity index (χ1n) is 3.89. The molecular weight excluding hydrogens is 140 g/mol. The normalized spacial score (nSPS) is 19.8. The van der Waals surface area contributed by atoms with Gasteiger partial charge in [-0.05, 0) is 0 Å². The van der Waals surface area contributed by atoms with Crippen LogP contribution in [0.2, 0.25) is 0 Å². The lowest BCUT2D eigenvalue weighted by Gasteiger charge is -2.31. The maximum atomic E-state index is 10.3. The summed E-state index contributed by atoms with van der Waals surface area (Å²) in [4.78, 5) is 14.4. The number of piperazine rings is 1. The molecule has 0 radical (unpaired) electrons. The molecule has 1 rings (SSSR count). The number of carbonyl (C=O) groups is 1. The van der Waals surface area contributed by atoms with E-state index in [2.05, 4.69) is 11.5 Å². The Kier molecular flexibility index (Phi) is 3.11. The lowest BCUT2D eigenvalue weighted by molar-refractivity contribution is -0.119. The summed E-state index contributed by atoms with van der Waals surface area (Å²) in [5.41, 5.74) is 0. The molecule has 3 nitrogen and oxygen atoms in total. The molecule has 0 aromatic carbocycles. The summed E-state index contributed by atoms with van der Waals surface area (Å²) in [7, 11) is 0. The molecule has 0 atom stereocenters. The minimum atomic E-state index is 0.858. The van der Waals surface area contributed by atoms with Crippen LogP contribution in [-0.4, -0.2) is 48.9 Å². The maximum Gasteiger partial charge on any atom is 0.209 e. The van der Waals surface area contributed by atoms with E-state index in [1.165, 1.54) is 0 Å². The zero-order valence-corrected chi connectivity index (χ0v) is 6.70. The largest absolute Gasteiger partial charge is 0.343 e. The van der Waals surface area contributed by atoms with E-state index in [4.69, 9.17) is 0 Å². The van der Waals surface area contributed by atoms with E-state index in [0.29, 0.717) is 0 Å². The van der Waals surface area contributed by atoms with Crippen LogP contribution in [0.3, 0.4) is 0 Å². The molecule has 1 heterocycles. The fraction of sp³-hybridized carbons (Fsp3) is 0.625. The van der Waals surface area contributed by atoms with E-state index in [1.54, 1.807) is 4.90 Å². The van der Waals surface area contributed by atoms with Crippen molar-refractivity contribution in [1.82, 2.24) is 9.80 Å². The highest BCUT2D eigenvalue weighted by molar-refractivity contribution is 5.47. The Balaban J connectivity index is 2.23.